The Hall–Kier alpha value is -3.05. The predicted molar refractivity (Wildman–Crippen MR) is 453 cm³/mol. The monoisotopic (exact) mass is 1690 g/mol. The molecule has 10 N–H and O–H groups in total. The molecule has 3 rings (SSSR count). The summed E-state index contributed by atoms with van der Waals surface area (Å²) in [6.45, 7) is 7.88. The fraction of sp³-hybridized carbons (Fsp3) is 0.912. The first-order chi connectivity index (χ1) is 56.6. The number of esters is 4. The summed E-state index contributed by atoms with van der Waals surface area (Å²) < 4.78 is 73.4. The van der Waals surface area contributed by atoms with E-state index in [0.717, 1.165) is 122 Å². The minimum atomic E-state index is -5.81. The number of ether oxygens (including phenoxy) is 8. The molecular weight excluding hydrogens is 1520 g/mol. The fourth-order valence-electron chi connectivity index (χ4n) is 15.5. The first-order valence-electron chi connectivity index (χ1n) is 47.0. The van der Waals surface area contributed by atoms with Crippen molar-refractivity contribution >= 4 is 31.7 Å². The normalized spacial score (nSPS) is 25.4. The maximum absolute atomic E-state index is 14.9. The molecule has 0 bridgehead atoms. The van der Waals surface area contributed by atoms with E-state index in [-0.39, 0.29) is 32.1 Å². The average Bonchev–Trinajstić information content (AvgIpc) is 0.754. The molecule has 686 valence electrons. The van der Waals surface area contributed by atoms with Gasteiger partial charge >= 0.3 is 31.7 Å². The van der Waals surface area contributed by atoms with Gasteiger partial charge < -0.3 is 88.7 Å². The molecule has 0 aromatic carbocycles. The van der Waals surface area contributed by atoms with E-state index < -0.39 is 162 Å². The second kappa shape index (κ2) is 69.3. The molecule has 0 radical (unpaired) electrons. The van der Waals surface area contributed by atoms with Crippen LogP contribution in [-0.4, -0.2) is 205 Å². The molecule has 3 aliphatic rings. The average molecular weight is 1690 g/mol. The molecular formula is C91H167O25P. The van der Waals surface area contributed by atoms with Crippen molar-refractivity contribution in [1.82, 2.24) is 0 Å². The molecule has 1 aliphatic carbocycles. The smallest absolute Gasteiger partial charge is 0.463 e. The number of aliphatic hydroxyl groups excluding tert-OH is 9. The summed E-state index contributed by atoms with van der Waals surface area (Å²) in [6.07, 6.45) is 27.6. The molecule has 117 heavy (non-hydrogen) atoms. The molecule has 1 saturated carbocycles. The van der Waals surface area contributed by atoms with Crippen LogP contribution in [0.25, 0.3) is 0 Å². The molecule has 0 amide bonds. The van der Waals surface area contributed by atoms with Crippen LogP contribution in [0, 0.1) is 5.92 Å². The Morgan fingerprint density at radius 2 is 0.692 bits per heavy atom. The number of carbonyl (C=O) groups excluding carboxylic acids is 4. The van der Waals surface area contributed by atoms with Gasteiger partial charge in [0, 0.05) is 25.7 Å². The van der Waals surface area contributed by atoms with E-state index in [1.165, 1.54) is 173 Å². The highest BCUT2D eigenvalue weighted by Crippen LogP contribution is 2.49. The molecule has 2 aliphatic heterocycles. The molecule has 0 aromatic heterocycles. The third-order valence-corrected chi connectivity index (χ3v) is 24.1. The first kappa shape index (κ1) is 108. The lowest BCUT2D eigenvalue weighted by Gasteiger charge is -2.50. The van der Waals surface area contributed by atoms with Crippen LogP contribution in [-0.2, 0) is 70.7 Å². The molecule has 2 saturated heterocycles. The zero-order valence-corrected chi connectivity index (χ0v) is 74.1. The lowest BCUT2D eigenvalue weighted by Crippen LogP contribution is -2.70. The quantitative estimate of drug-likeness (QED) is 0.00889. The number of phosphoric acid groups is 1. The lowest BCUT2D eigenvalue weighted by molar-refractivity contribution is -0.360. The maximum Gasteiger partial charge on any atom is 0.472 e. The number of hydrogen-bond donors (Lipinski definition) is 10. The SMILES string of the molecule is CCCCCCCC/C=C\CCCCCC(=O)OCC(COP(=O)(O)OC1C(OC2OC(CO)C(O)C(O)C2O)C(O)C(O)C(OC(=O)CCCCC/C=C\CCCCCCCC)C1OC1OC(COC(=O)CCCCCCCCC(C)CCCCCCCC)C(O)C(O)C1O)OC(=O)CCCCCCCCCCCCCCCCCC. The van der Waals surface area contributed by atoms with Gasteiger partial charge in [-0.25, -0.2) is 4.57 Å². The summed E-state index contributed by atoms with van der Waals surface area (Å²) in [5.41, 5.74) is 0. The second-order valence-corrected chi connectivity index (χ2v) is 35.2. The van der Waals surface area contributed by atoms with Gasteiger partial charge in [0.05, 0.1) is 13.2 Å². The van der Waals surface area contributed by atoms with E-state index in [1.54, 1.807) is 0 Å². The van der Waals surface area contributed by atoms with Crippen molar-refractivity contribution in [2.75, 3.05) is 26.4 Å². The lowest BCUT2D eigenvalue weighted by atomic mass is 9.84. The summed E-state index contributed by atoms with van der Waals surface area (Å²) in [4.78, 5) is 66.4. The minimum absolute atomic E-state index is 0.0127. The van der Waals surface area contributed by atoms with E-state index in [0.29, 0.717) is 38.0 Å². The number of phosphoric ester groups is 1. The molecule has 19 atom stereocenters. The molecule has 26 heteroatoms. The van der Waals surface area contributed by atoms with Crippen molar-refractivity contribution in [2.24, 2.45) is 5.92 Å². The Labute approximate surface area is 704 Å². The van der Waals surface area contributed by atoms with E-state index in [9.17, 15) is 74.6 Å². The van der Waals surface area contributed by atoms with Crippen molar-refractivity contribution in [3.8, 4) is 0 Å². The number of hydrogen-bond acceptors (Lipinski definition) is 24. The minimum Gasteiger partial charge on any atom is -0.463 e. The van der Waals surface area contributed by atoms with Crippen LogP contribution in [0.1, 0.15) is 394 Å². The third-order valence-electron chi connectivity index (χ3n) is 23.1. The largest absolute Gasteiger partial charge is 0.472 e. The highest BCUT2D eigenvalue weighted by molar-refractivity contribution is 7.47. The van der Waals surface area contributed by atoms with Gasteiger partial charge in [-0.05, 0) is 83.0 Å². The molecule has 3 fully saturated rings. The van der Waals surface area contributed by atoms with E-state index >= 15 is 0 Å². The van der Waals surface area contributed by atoms with Gasteiger partial charge in [0.25, 0.3) is 0 Å². The zero-order valence-electron chi connectivity index (χ0n) is 73.2. The molecule has 0 aromatic rings. The van der Waals surface area contributed by atoms with Gasteiger partial charge in [0.1, 0.15) is 92.6 Å². The number of unbranched alkanes of at least 4 members (excludes halogenated alkanes) is 43. The molecule has 25 nitrogen and oxygen atoms in total. The topological polar surface area (TPSA) is 380 Å². The van der Waals surface area contributed by atoms with Crippen molar-refractivity contribution in [2.45, 2.75) is 498 Å². The molecule has 0 spiro atoms. The summed E-state index contributed by atoms with van der Waals surface area (Å²) >= 11 is 0. The summed E-state index contributed by atoms with van der Waals surface area (Å²) in [5.74, 6) is -2.31. The number of aliphatic hydroxyl groups is 9. The Morgan fingerprint density at radius 3 is 1.11 bits per heavy atom. The van der Waals surface area contributed by atoms with Crippen molar-refractivity contribution in [3.05, 3.63) is 24.3 Å². The van der Waals surface area contributed by atoms with E-state index in [4.69, 9.17) is 46.9 Å². The van der Waals surface area contributed by atoms with Gasteiger partial charge in [-0.15, -0.1) is 0 Å². The second-order valence-electron chi connectivity index (χ2n) is 33.8. The Kier molecular flexibility index (Phi) is 64.0. The van der Waals surface area contributed by atoms with Crippen LogP contribution in [0.2, 0.25) is 0 Å². The highest BCUT2D eigenvalue weighted by atomic mass is 31.2. The maximum atomic E-state index is 14.9. The van der Waals surface area contributed by atoms with Crippen LogP contribution < -0.4 is 0 Å². The van der Waals surface area contributed by atoms with Gasteiger partial charge in [-0.2, -0.15) is 0 Å². The fourth-order valence-corrected chi connectivity index (χ4v) is 16.5. The van der Waals surface area contributed by atoms with Gasteiger partial charge in [-0.1, -0.05) is 316 Å². The molecule has 2 heterocycles. The third kappa shape index (κ3) is 49.9. The summed E-state index contributed by atoms with van der Waals surface area (Å²) in [7, 11) is -5.81. The standard InChI is InChI=1S/C91H167O25P/c1-6-10-14-18-22-25-28-31-32-33-36-39-41-44-52-58-64-76(95)110-71(67-107-74(93)62-56-50-43-40-37-34-29-26-23-19-15-11-7-2)68-109-117(105,106)116-89-87(114-90-84(103)80(99)78(97)72(66-92)111-90)83(102)82(101)86(113-77(96)65-59-53-45-42-38-35-30-27-24-20-16-12-8-3)88(89)115-91-85(104)81(100)79(98)73(112-91)69-108-75(94)63-57-51-47-46-49-55-61-70(5)60-54-48-21-17-13-9-4/h34-35,37-38,70-73,78-92,97-104H,6-33,36,39-69H2,1-5H3,(H,105,106)/b37-34-,38-35-. The summed E-state index contributed by atoms with van der Waals surface area (Å²) in [6, 6.07) is 0. The van der Waals surface area contributed by atoms with Crippen LogP contribution in [0.4, 0.5) is 0 Å². The van der Waals surface area contributed by atoms with Crippen LogP contribution in [0.15, 0.2) is 24.3 Å². The van der Waals surface area contributed by atoms with Crippen LogP contribution in [0.3, 0.4) is 0 Å². The van der Waals surface area contributed by atoms with E-state index in [1.807, 2.05) is 0 Å². The zero-order chi connectivity index (χ0) is 85.5. The number of allylic oxidation sites excluding steroid dienone is 4. The Morgan fingerprint density at radius 1 is 0.359 bits per heavy atom. The molecule has 19 unspecified atom stereocenters. The highest BCUT2D eigenvalue weighted by Gasteiger charge is 2.60. The van der Waals surface area contributed by atoms with Gasteiger partial charge in [0.2, 0.25) is 0 Å². The van der Waals surface area contributed by atoms with Crippen LogP contribution >= 0.6 is 7.82 Å². The van der Waals surface area contributed by atoms with Gasteiger partial charge in [0.15, 0.2) is 24.8 Å². The first-order valence-corrected chi connectivity index (χ1v) is 48.5. The Balaban J connectivity index is 1.92. The summed E-state index contributed by atoms with van der Waals surface area (Å²) in [5, 5.41) is 102. The Bertz CT molecular complexity index is 2550. The van der Waals surface area contributed by atoms with Crippen LogP contribution in [0.5, 0.6) is 0 Å². The van der Waals surface area contributed by atoms with Crippen molar-refractivity contribution in [3.63, 3.8) is 0 Å². The van der Waals surface area contributed by atoms with Crippen molar-refractivity contribution in [1.29, 1.82) is 0 Å². The number of carbonyl (C=O) groups is 4. The predicted octanol–water partition coefficient (Wildman–Crippen LogP) is 17.2. The van der Waals surface area contributed by atoms with Gasteiger partial charge in [-0.3, -0.25) is 28.2 Å². The number of rotatable bonds is 75. The van der Waals surface area contributed by atoms with Crippen molar-refractivity contribution < 1.29 is 122 Å². The van der Waals surface area contributed by atoms with E-state index in [2.05, 4.69) is 58.9 Å².